The SMILES string of the molecule is COc1ccc(C(=O)NC[C@H]2COCCO2)c(OC)c1. The Balaban J connectivity index is 1.97. The summed E-state index contributed by atoms with van der Waals surface area (Å²) in [5.74, 6) is 0.906. The molecule has 110 valence electrons. The molecule has 1 N–H and O–H groups in total. The van der Waals surface area contributed by atoms with Crippen molar-refractivity contribution in [2.75, 3.05) is 40.6 Å². The van der Waals surface area contributed by atoms with E-state index in [0.717, 1.165) is 0 Å². The number of methoxy groups -OCH3 is 2. The van der Waals surface area contributed by atoms with Crippen molar-refractivity contribution in [3.8, 4) is 11.5 Å². The number of hydrogen-bond donors (Lipinski definition) is 1. The summed E-state index contributed by atoms with van der Waals surface area (Å²) in [7, 11) is 3.08. The molecule has 0 aromatic heterocycles. The Labute approximate surface area is 118 Å². The zero-order chi connectivity index (χ0) is 14.4. The molecular formula is C14H19NO5. The molecular weight excluding hydrogens is 262 g/mol. The summed E-state index contributed by atoms with van der Waals surface area (Å²) in [4.78, 5) is 12.1. The van der Waals surface area contributed by atoms with Crippen molar-refractivity contribution in [3.63, 3.8) is 0 Å². The van der Waals surface area contributed by atoms with Gasteiger partial charge in [-0.25, -0.2) is 0 Å². The summed E-state index contributed by atoms with van der Waals surface area (Å²) >= 11 is 0. The summed E-state index contributed by atoms with van der Waals surface area (Å²) in [6.07, 6.45) is -0.100. The van der Waals surface area contributed by atoms with Crippen LogP contribution in [0.25, 0.3) is 0 Å². The molecule has 20 heavy (non-hydrogen) atoms. The maximum Gasteiger partial charge on any atom is 0.255 e. The van der Waals surface area contributed by atoms with Crippen LogP contribution in [-0.2, 0) is 9.47 Å². The van der Waals surface area contributed by atoms with Gasteiger partial charge in [-0.1, -0.05) is 0 Å². The summed E-state index contributed by atoms with van der Waals surface area (Å²) in [5.41, 5.74) is 0.463. The molecule has 1 atom stereocenters. The van der Waals surface area contributed by atoms with Crippen LogP contribution in [0, 0.1) is 0 Å². The molecule has 0 aliphatic carbocycles. The highest BCUT2D eigenvalue weighted by Gasteiger charge is 2.18. The number of amides is 1. The monoisotopic (exact) mass is 281 g/mol. The first-order chi connectivity index (χ1) is 9.74. The molecule has 6 nitrogen and oxygen atoms in total. The molecule has 0 spiro atoms. The highest BCUT2D eigenvalue weighted by molar-refractivity contribution is 5.97. The summed E-state index contributed by atoms with van der Waals surface area (Å²) in [5, 5.41) is 2.82. The van der Waals surface area contributed by atoms with Crippen molar-refractivity contribution in [2.45, 2.75) is 6.10 Å². The molecule has 0 saturated carbocycles. The van der Waals surface area contributed by atoms with Crippen LogP contribution in [-0.4, -0.2) is 52.6 Å². The van der Waals surface area contributed by atoms with Crippen LogP contribution in [0.3, 0.4) is 0 Å². The van der Waals surface area contributed by atoms with Crippen molar-refractivity contribution in [1.29, 1.82) is 0 Å². The predicted octanol–water partition coefficient (Wildman–Crippen LogP) is 0.849. The van der Waals surface area contributed by atoms with Gasteiger partial charge in [0.15, 0.2) is 0 Å². The van der Waals surface area contributed by atoms with E-state index in [9.17, 15) is 4.79 Å². The third-order valence-corrected chi connectivity index (χ3v) is 3.03. The molecule has 1 amide bonds. The molecule has 0 radical (unpaired) electrons. The third kappa shape index (κ3) is 3.61. The van der Waals surface area contributed by atoms with E-state index in [-0.39, 0.29) is 12.0 Å². The Bertz CT molecular complexity index is 457. The van der Waals surface area contributed by atoms with Gasteiger partial charge < -0.3 is 24.3 Å². The minimum atomic E-state index is -0.210. The average molecular weight is 281 g/mol. The zero-order valence-electron chi connectivity index (χ0n) is 11.7. The van der Waals surface area contributed by atoms with Gasteiger partial charge in [-0.3, -0.25) is 4.79 Å². The number of rotatable bonds is 5. The largest absolute Gasteiger partial charge is 0.497 e. The molecule has 1 heterocycles. The van der Waals surface area contributed by atoms with E-state index >= 15 is 0 Å². The maximum absolute atomic E-state index is 12.1. The standard InChI is InChI=1S/C14H19NO5/c1-17-10-3-4-12(13(7-10)18-2)14(16)15-8-11-9-19-5-6-20-11/h3-4,7,11H,5-6,8-9H2,1-2H3,(H,15,16)/t11-/m0/s1. The van der Waals surface area contributed by atoms with E-state index in [4.69, 9.17) is 18.9 Å². The van der Waals surface area contributed by atoms with Gasteiger partial charge in [0.1, 0.15) is 11.5 Å². The van der Waals surface area contributed by atoms with Crippen LogP contribution in [0.2, 0.25) is 0 Å². The van der Waals surface area contributed by atoms with Crippen molar-refractivity contribution in [3.05, 3.63) is 23.8 Å². The number of nitrogens with one attached hydrogen (secondary N) is 1. The lowest BCUT2D eigenvalue weighted by atomic mass is 10.1. The minimum Gasteiger partial charge on any atom is -0.497 e. The number of benzene rings is 1. The number of ether oxygens (including phenoxy) is 4. The van der Waals surface area contributed by atoms with E-state index < -0.39 is 0 Å². The fourth-order valence-electron chi connectivity index (χ4n) is 1.94. The Kier molecular flexibility index (Phi) is 5.20. The fraction of sp³-hybridized carbons (Fsp3) is 0.500. The molecule has 1 aromatic rings. The van der Waals surface area contributed by atoms with Crippen LogP contribution < -0.4 is 14.8 Å². The lowest BCUT2D eigenvalue weighted by Crippen LogP contribution is -2.39. The van der Waals surface area contributed by atoms with Crippen molar-refractivity contribution < 1.29 is 23.7 Å². The van der Waals surface area contributed by atoms with E-state index in [1.807, 2.05) is 0 Å². The molecule has 2 rings (SSSR count). The van der Waals surface area contributed by atoms with Gasteiger partial charge in [-0.2, -0.15) is 0 Å². The van der Waals surface area contributed by atoms with Gasteiger partial charge in [0.25, 0.3) is 5.91 Å². The zero-order valence-corrected chi connectivity index (χ0v) is 11.7. The normalized spacial score (nSPS) is 18.4. The van der Waals surface area contributed by atoms with Gasteiger partial charge in [-0.15, -0.1) is 0 Å². The molecule has 1 fully saturated rings. The van der Waals surface area contributed by atoms with Crippen molar-refractivity contribution in [1.82, 2.24) is 5.32 Å². The van der Waals surface area contributed by atoms with Crippen LogP contribution in [0.4, 0.5) is 0 Å². The first kappa shape index (κ1) is 14.6. The average Bonchev–Trinajstić information content (AvgIpc) is 2.52. The minimum absolute atomic E-state index is 0.100. The molecule has 1 saturated heterocycles. The Morgan fingerprint density at radius 3 is 2.85 bits per heavy atom. The highest BCUT2D eigenvalue weighted by Crippen LogP contribution is 2.24. The first-order valence-electron chi connectivity index (χ1n) is 6.44. The fourth-order valence-corrected chi connectivity index (χ4v) is 1.94. The van der Waals surface area contributed by atoms with Gasteiger partial charge >= 0.3 is 0 Å². The molecule has 0 bridgehead atoms. The molecule has 1 aliphatic rings. The van der Waals surface area contributed by atoms with E-state index in [1.165, 1.54) is 7.11 Å². The molecule has 6 heteroatoms. The Morgan fingerprint density at radius 1 is 1.35 bits per heavy atom. The van der Waals surface area contributed by atoms with Crippen LogP contribution in [0.15, 0.2) is 18.2 Å². The van der Waals surface area contributed by atoms with Crippen LogP contribution in [0.5, 0.6) is 11.5 Å². The Hall–Kier alpha value is -1.79. The van der Waals surface area contributed by atoms with Crippen LogP contribution in [0.1, 0.15) is 10.4 Å². The van der Waals surface area contributed by atoms with Crippen molar-refractivity contribution in [2.24, 2.45) is 0 Å². The summed E-state index contributed by atoms with van der Waals surface area (Å²) in [6.45, 7) is 2.08. The first-order valence-corrected chi connectivity index (χ1v) is 6.44. The lowest BCUT2D eigenvalue weighted by molar-refractivity contribution is -0.0855. The number of hydrogen-bond acceptors (Lipinski definition) is 5. The predicted molar refractivity (Wildman–Crippen MR) is 72.4 cm³/mol. The van der Waals surface area contributed by atoms with E-state index in [2.05, 4.69) is 5.32 Å². The maximum atomic E-state index is 12.1. The molecule has 1 aromatic carbocycles. The second-order valence-electron chi connectivity index (χ2n) is 4.34. The van der Waals surface area contributed by atoms with E-state index in [1.54, 1.807) is 25.3 Å². The Morgan fingerprint density at radius 2 is 2.20 bits per heavy atom. The summed E-state index contributed by atoms with van der Waals surface area (Å²) < 4.78 is 21.0. The topological polar surface area (TPSA) is 66.0 Å². The van der Waals surface area contributed by atoms with Gasteiger partial charge in [0.05, 0.1) is 45.7 Å². The third-order valence-electron chi connectivity index (χ3n) is 3.03. The molecule has 0 unspecified atom stereocenters. The van der Waals surface area contributed by atoms with E-state index in [0.29, 0.717) is 43.4 Å². The quantitative estimate of drug-likeness (QED) is 0.866. The lowest BCUT2D eigenvalue weighted by Gasteiger charge is -2.23. The second-order valence-corrected chi connectivity index (χ2v) is 4.34. The smallest absolute Gasteiger partial charge is 0.255 e. The van der Waals surface area contributed by atoms with Crippen molar-refractivity contribution >= 4 is 5.91 Å². The number of carbonyl (C=O) groups excluding carboxylic acids is 1. The molecule has 1 aliphatic heterocycles. The van der Waals surface area contributed by atoms with Crippen LogP contribution >= 0.6 is 0 Å². The highest BCUT2D eigenvalue weighted by atomic mass is 16.6. The second kappa shape index (κ2) is 7.12. The van der Waals surface area contributed by atoms with Gasteiger partial charge in [0, 0.05) is 12.6 Å². The number of carbonyl (C=O) groups is 1. The van der Waals surface area contributed by atoms with Gasteiger partial charge in [-0.05, 0) is 12.1 Å². The summed E-state index contributed by atoms with van der Waals surface area (Å²) in [6, 6.07) is 5.07. The van der Waals surface area contributed by atoms with Gasteiger partial charge in [0.2, 0.25) is 0 Å².